The predicted molar refractivity (Wildman–Crippen MR) is 73.4 cm³/mol. The predicted octanol–water partition coefficient (Wildman–Crippen LogP) is 1.20. The molecule has 1 aromatic heterocycles. The van der Waals surface area contributed by atoms with Gasteiger partial charge in [-0.1, -0.05) is 12.2 Å². The van der Waals surface area contributed by atoms with E-state index in [0.717, 1.165) is 23.5 Å². The van der Waals surface area contributed by atoms with Gasteiger partial charge in [0.2, 0.25) is 0 Å². The van der Waals surface area contributed by atoms with Crippen LogP contribution in [-0.2, 0) is 11.8 Å². The van der Waals surface area contributed by atoms with Crippen LogP contribution in [0.1, 0.15) is 24.6 Å². The molecule has 1 heterocycles. The van der Waals surface area contributed by atoms with Crippen molar-refractivity contribution in [1.82, 2.24) is 9.78 Å². The number of nitrogens with one attached hydrogen (secondary N) is 1. The Labute approximate surface area is 107 Å². The van der Waals surface area contributed by atoms with Crippen molar-refractivity contribution in [2.45, 2.75) is 26.3 Å². The Hall–Kier alpha value is -1.14. The largest absolute Gasteiger partial charge is 0.389 e. The highest BCUT2D eigenvalue weighted by Gasteiger charge is 2.16. The molecule has 0 amide bonds. The number of anilines is 1. The lowest BCUT2D eigenvalue weighted by Gasteiger charge is -2.16. The van der Waals surface area contributed by atoms with Gasteiger partial charge in [-0.25, -0.2) is 0 Å². The number of rotatable bonds is 6. The lowest BCUT2D eigenvalue weighted by Crippen LogP contribution is -2.22. The molecule has 0 spiro atoms. The van der Waals surface area contributed by atoms with E-state index in [0.29, 0.717) is 11.6 Å². The van der Waals surface area contributed by atoms with Crippen LogP contribution in [0.25, 0.3) is 0 Å². The lowest BCUT2D eigenvalue weighted by atomic mass is 10.2. The summed E-state index contributed by atoms with van der Waals surface area (Å²) in [7, 11) is 3.57. The second-order valence-corrected chi connectivity index (χ2v) is 4.56. The third-order valence-corrected chi connectivity index (χ3v) is 2.81. The van der Waals surface area contributed by atoms with Crippen molar-refractivity contribution in [3.63, 3.8) is 0 Å². The van der Waals surface area contributed by atoms with E-state index < -0.39 is 0 Å². The van der Waals surface area contributed by atoms with E-state index in [1.54, 1.807) is 11.8 Å². The van der Waals surface area contributed by atoms with Crippen molar-refractivity contribution in [3.05, 3.63) is 11.3 Å². The number of hydrogen-bond donors (Lipinski definition) is 2. The Balaban J connectivity index is 2.86. The summed E-state index contributed by atoms with van der Waals surface area (Å²) in [5.74, 6) is 0.874. The van der Waals surface area contributed by atoms with Crippen molar-refractivity contribution in [3.8, 4) is 0 Å². The fourth-order valence-electron chi connectivity index (χ4n) is 1.72. The average molecular weight is 256 g/mol. The maximum absolute atomic E-state index is 5.72. The van der Waals surface area contributed by atoms with Gasteiger partial charge >= 0.3 is 0 Å². The van der Waals surface area contributed by atoms with Crippen molar-refractivity contribution in [2.75, 3.05) is 19.0 Å². The number of nitrogens with zero attached hydrogens (tertiary/aromatic N) is 2. The zero-order valence-electron chi connectivity index (χ0n) is 10.8. The van der Waals surface area contributed by atoms with Crippen molar-refractivity contribution in [1.29, 1.82) is 0 Å². The van der Waals surface area contributed by atoms with Crippen molar-refractivity contribution in [2.24, 2.45) is 12.8 Å². The van der Waals surface area contributed by atoms with E-state index in [-0.39, 0.29) is 6.04 Å². The molecule has 3 N–H and O–H groups in total. The monoisotopic (exact) mass is 256 g/mol. The van der Waals surface area contributed by atoms with Gasteiger partial charge in [0.25, 0.3) is 0 Å². The molecule has 1 atom stereocenters. The molecule has 0 aliphatic carbocycles. The first kappa shape index (κ1) is 13.9. The highest BCUT2D eigenvalue weighted by atomic mass is 32.1. The number of aryl methyl sites for hydroxylation is 2. The quantitative estimate of drug-likeness (QED) is 0.749. The topological polar surface area (TPSA) is 65.1 Å². The highest BCUT2D eigenvalue weighted by Crippen LogP contribution is 2.19. The molecule has 96 valence electrons. The van der Waals surface area contributed by atoms with Gasteiger partial charge in [-0.2, -0.15) is 5.10 Å². The van der Waals surface area contributed by atoms with Crippen molar-refractivity contribution < 1.29 is 4.74 Å². The summed E-state index contributed by atoms with van der Waals surface area (Å²) in [5, 5.41) is 7.69. The standard InChI is InChI=1S/C11H20N4OS/c1-7(5-6-16-4)13-11-9(10(12)17)8(2)14-15(11)3/h7,13H,5-6H2,1-4H3,(H2,12,17). The van der Waals surface area contributed by atoms with Crippen molar-refractivity contribution >= 4 is 23.0 Å². The molecule has 1 unspecified atom stereocenters. The van der Waals surface area contributed by atoms with Gasteiger partial charge < -0.3 is 15.8 Å². The van der Waals surface area contributed by atoms with Crippen LogP contribution in [0.3, 0.4) is 0 Å². The van der Waals surface area contributed by atoms with Gasteiger partial charge in [0.15, 0.2) is 0 Å². The lowest BCUT2D eigenvalue weighted by molar-refractivity contribution is 0.191. The molecule has 0 aliphatic heterocycles. The van der Waals surface area contributed by atoms with E-state index in [4.69, 9.17) is 22.7 Å². The normalized spacial score (nSPS) is 12.5. The molecule has 0 saturated carbocycles. The maximum Gasteiger partial charge on any atom is 0.134 e. The minimum absolute atomic E-state index is 0.276. The molecule has 17 heavy (non-hydrogen) atoms. The van der Waals surface area contributed by atoms with Crippen LogP contribution >= 0.6 is 12.2 Å². The summed E-state index contributed by atoms with van der Waals surface area (Å²) in [6.07, 6.45) is 0.914. The Bertz CT molecular complexity index is 402. The number of aromatic nitrogens is 2. The highest BCUT2D eigenvalue weighted by molar-refractivity contribution is 7.80. The molecule has 0 aliphatic rings. The smallest absolute Gasteiger partial charge is 0.134 e. The SMILES string of the molecule is COCCC(C)Nc1c(C(N)=S)c(C)nn1C. The molecular weight excluding hydrogens is 236 g/mol. The molecule has 0 saturated heterocycles. The molecule has 0 bridgehead atoms. The molecule has 5 nitrogen and oxygen atoms in total. The number of ether oxygens (including phenoxy) is 1. The number of thiocarbonyl (C=S) groups is 1. The van der Waals surface area contributed by atoms with Crippen LogP contribution in [0.5, 0.6) is 0 Å². The number of nitrogens with two attached hydrogens (primary N) is 1. The zero-order valence-corrected chi connectivity index (χ0v) is 11.6. The van der Waals surface area contributed by atoms with E-state index >= 15 is 0 Å². The van der Waals surface area contributed by atoms with Crippen LogP contribution in [-0.4, -0.2) is 34.5 Å². The maximum atomic E-state index is 5.72. The van der Waals surface area contributed by atoms with E-state index in [2.05, 4.69) is 17.3 Å². The first-order chi connectivity index (χ1) is 7.97. The summed E-state index contributed by atoms with van der Waals surface area (Å²) in [4.78, 5) is 0.372. The van der Waals surface area contributed by atoms with Crippen LogP contribution in [0.4, 0.5) is 5.82 Å². The summed E-state index contributed by atoms with van der Waals surface area (Å²) >= 11 is 5.05. The second kappa shape index (κ2) is 5.97. The summed E-state index contributed by atoms with van der Waals surface area (Å²) < 4.78 is 6.82. The summed E-state index contributed by atoms with van der Waals surface area (Å²) in [6, 6.07) is 0.276. The third kappa shape index (κ3) is 3.41. The fourth-order valence-corrected chi connectivity index (χ4v) is 1.96. The van der Waals surface area contributed by atoms with Gasteiger partial charge in [0.1, 0.15) is 10.8 Å². The minimum Gasteiger partial charge on any atom is -0.389 e. The molecule has 0 aromatic carbocycles. The Kier molecular flexibility index (Phi) is 4.89. The average Bonchev–Trinajstić information content (AvgIpc) is 2.51. The number of hydrogen-bond acceptors (Lipinski definition) is 4. The third-order valence-electron chi connectivity index (χ3n) is 2.61. The zero-order chi connectivity index (χ0) is 13.0. The van der Waals surface area contributed by atoms with Crippen LogP contribution in [0, 0.1) is 6.92 Å². The summed E-state index contributed by atoms with van der Waals surface area (Å²) in [6.45, 7) is 4.71. The van der Waals surface area contributed by atoms with Gasteiger partial charge in [-0.15, -0.1) is 0 Å². The number of methoxy groups -OCH3 is 1. The molecule has 0 radical (unpaired) electrons. The van der Waals surface area contributed by atoms with E-state index in [9.17, 15) is 0 Å². The van der Waals surface area contributed by atoms with Gasteiger partial charge in [0, 0.05) is 26.8 Å². The van der Waals surface area contributed by atoms with Crippen LogP contribution in [0.15, 0.2) is 0 Å². The van der Waals surface area contributed by atoms with Crippen LogP contribution in [0.2, 0.25) is 0 Å². The van der Waals surface area contributed by atoms with E-state index in [1.165, 1.54) is 0 Å². The van der Waals surface area contributed by atoms with Gasteiger partial charge in [-0.3, -0.25) is 4.68 Å². The summed E-state index contributed by atoms with van der Waals surface area (Å²) in [5.41, 5.74) is 7.39. The molecule has 1 rings (SSSR count). The molecule has 1 aromatic rings. The molecule has 0 fully saturated rings. The molecular formula is C11H20N4OS. The first-order valence-corrected chi connectivity index (χ1v) is 5.97. The molecule has 6 heteroatoms. The Morgan fingerprint density at radius 3 is 2.82 bits per heavy atom. The second-order valence-electron chi connectivity index (χ2n) is 4.12. The Morgan fingerprint density at radius 2 is 2.29 bits per heavy atom. The van der Waals surface area contributed by atoms with Gasteiger partial charge in [-0.05, 0) is 20.3 Å². The minimum atomic E-state index is 0.276. The van der Waals surface area contributed by atoms with Crippen LogP contribution < -0.4 is 11.1 Å². The first-order valence-electron chi connectivity index (χ1n) is 5.56. The van der Waals surface area contributed by atoms with E-state index in [1.807, 2.05) is 14.0 Å². The Morgan fingerprint density at radius 1 is 1.65 bits per heavy atom. The van der Waals surface area contributed by atoms with Gasteiger partial charge in [0.05, 0.1) is 11.3 Å². The fraction of sp³-hybridized carbons (Fsp3) is 0.636.